The maximum Gasteiger partial charge on any atom is 0.314 e. The third-order valence-electron chi connectivity index (χ3n) is 3.48. The number of carbonyl (C=O) groups excluding carboxylic acids is 2. The van der Waals surface area contributed by atoms with E-state index in [0.717, 1.165) is 11.1 Å². The Morgan fingerprint density at radius 2 is 1.65 bits per heavy atom. The van der Waals surface area contributed by atoms with Crippen LogP contribution in [0.2, 0.25) is 0 Å². The Balaban J connectivity index is 2.15. The lowest BCUT2D eigenvalue weighted by Crippen LogP contribution is -2.29. The first-order chi connectivity index (χ1) is 10.9. The highest BCUT2D eigenvalue weighted by Crippen LogP contribution is 2.27. The molecule has 0 spiro atoms. The molecule has 5 heteroatoms. The van der Waals surface area contributed by atoms with E-state index in [1.807, 2.05) is 39.0 Å². The van der Waals surface area contributed by atoms with Gasteiger partial charge in [0.2, 0.25) is 0 Å². The Labute approximate surface area is 135 Å². The van der Waals surface area contributed by atoms with Crippen LogP contribution in [0.15, 0.2) is 42.5 Å². The molecule has 2 rings (SSSR count). The second-order valence-corrected chi connectivity index (χ2v) is 5.65. The van der Waals surface area contributed by atoms with Gasteiger partial charge in [-0.2, -0.15) is 0 Å². The zero-order chi connectivity index (χ0) is 17.0. The van der Waals surface area contributed by atoms with Gasteiger partial charge in [-0.3, -0.25) is 9.59 Å². The molecule has 2 aromatic rings. The number of aryl methyl sites for hydroxylation is 1. The maximum atomic E-state index is 12.1. The molecule has 0 aliphatic heterocycles. The second-order valence-electron chi connectivity index (χ2n) is 5.65. The quantitative estimate of drug-likeness (QED) is 0.760. The van der Waals surface area contributed by atoms with Crippen LogP contribution in [0.5, 0.6) is 5.75 Å². The van der Waals surface area contributed by atoms with E-state index < -0.39 is 11.8 Å². The van der Waals surface area contributed by atoms with Gasteiger partial charge in [0.15, 0.2) is 0 Å². The van der Waals surface area contributed by atoms with Crippen LogP contribution < -0.4 is 10.6 Å². The fourth-order valence-corrected chi connectivity index (χ4v) is 2.28. The molecule has 2 amide bonds. The van der Waals surface area contributed by atoms with Crippen LogP contribution in [0.25, 0.3) is 0 Å². The van der Waals surface area contributed by atoms with Gasteiger partial charge in [0.1, 0.15) is 5.75 Å². The fraction of sp³-hybridized carbons (Fsp3) is 0.222. The molecule has 0 saturated carbocycles. The normalized spacial score (nSPS) is 10.4. The Kier molecular flexibility index (Phi) is 5.01. The summed E-state index contributed by atoms with van der Waals surface area (Å²) in [4.78, 5) is 24.2. The van der Waals surface area contributed by atoms with E-state index in [9.17, 15) is 14.7 Å². The topological polar surface area (TPSA) is 78.4 Å². The standard InChI is InChI=1S/C18H20N2O3/c1-11(2)15-9-4-6-12(3)16(15)20-18(23)17(22)19-13-7-5-8-14(21)10-13/h4-11,21H,1-3H3,(H,19,22)(H,20,23). The molecule has 5 nitrogen and oxygen atoms in total. The fourth-order valence-electron chi connectivity index (χ4n) is 2.28. The Morgan fingerprint density at radius 1 is 1.00 bits per heavy atom. The first-order valence-electron chi connectivity index (χ1n) is 7.39. The summed E-state index contributed by atoms with van der Waals surface area (Å²) < 4.78 is 0. The molecule has 0 atom stereocenters. The molecular weight excluding hydrogens is 292 g/mol. The van der Waals surface area contributed by atoms with Crippen molar-refractivity contribution >= 4 is 23.2 Å². The van der Waals surface area contributed by atoms with Crippen molar-refractivity contribution in [3.63, 3.8) is 0 Å². The lowest BCUT2D eigenvalue weighted by Gasteiger charge is -2.16. The molecule has 0 saturated heterocycles. The summed E-state index contributed by atoms with van der Waals surface area (Å²) in [6.45, 7) is 5.93. The SMILES string of the molecule is Cc1cccc(C(C)C)c1NC(=O)C(=O)Nc1cccc(O)c1. The molecule has 0 aliphatic carbocycles. The Hall–Kier alpha value is -2.82. The number of hydrogen-bond acceptors (Lipinski definition) is 3. The van der Waals surface area contributed by atoms with Gasteiger partial charge in [0, 0.05) is 17.4 Å². The largest absolute Gasteiger partial charge is 0.508 e. The van der Waals surface area contributed by atoms with Crippen LogP contribution >= 0.6 is 0 Å². The molecule has 23 heavy (non-hydrogen) atoms. The summed E-state index contributed by atoms with van der Waals surface area (Å²) >= 11 is 0. The van der Waals surface area contributed by atoms with Gasteiger partial charge in [0.05, 0.1) is 0 Å². The molecular formula is C18H20N2O3. The first-order valence-corrected chi connectivity index (χ1v) is 7.39. The predicted molar refractivity (Wildman–Crippen MR) is 90.6 cm³/mol. The number of para-hydroxylation sites is 1. The minimum absolute atomic E-state index is 0.0178. The van der Waals surface area contributed by atoms with Crippen LogP contribution in [0, 0.1) is 6.92 Å². The molecule has 0 radical (unpaired) electrons. The van der Waals surface area contributed by atoms with Gasteiger partial charge < -0.3 is 15.7 Å². The van der Waals surface area contributed by atoms with E-state index in [1.54, 1.807) is 12.1 Å². The third kappa shape index (κ3) is 4.10. The second kappa shape index (κ2) is 6.96. The van der Waals surface area contributed by atoms with Crippen molar-refractivity contribution in [2.45, 2.75) is 26.7 Å². The van der Waals surface area contributed by atoms with Gasteiger partial charge >= 0.3 is 11.8 Å². The molecule has 0 heterocycles. The molecule has 120 valence electrons. The van der Waals surface area contributed by atoms with Crippen LogP contribution in [0.1, 0.15) is 30.9 Å². The number of amides is 2. The van der Waals surface area contributed by atoms with Crippen molar-refractivity contribution in [2.75, 3.05) is 10.6 Å². The maximum absolute atomic E-state index is 12.1. The van der Waals surface area contributed by atoms with E-state index in [1.165, 1.54) is 12.1 Å². The van der Waals surface area contributed by atoms with Gasteiger partial charge in [-0.05, 0) is 36.1 Å². The summed E-state index contributed by atoms with van der Waals surface area (Å²) in [5.74, 6) is -1.29. The molecule has 0 bridgehead atoms. The minimum atomic E-state index is -0.784. The smallest absolute Gasteiger partial charge is 0.314 e. The molecule has 0 fully saturated rings. The summed E-state index contributed by atoms with van der Waals surface area (Å²) in [7, 11) is 0. The molecule has 2 aromatic carbocycles. The number of benzene rings is 2. The number of aromatic hydroxyl groups is 1. The molecule has 3 N–H and O–H groups in total. The average Bonchev–Trinajstić information content (AvgIpc) is 2.48. The first kappa shape index (κ1) is 16.5. The molecule has 0 unspecified atom stereocenters. The number of nitrogens with one attached hydrogen (secondary N) is 2. The van der Waals surface area contributed by atoms with Crippen molar-refractivity contribution in [2.24, 2.45) is 0 Å². The highest BCUT2D eigenvalue weighted by Gasteiger charge is 2.18. The average molecular weight is 312 g/mol. The van der Waals surface area contributed by atoms with Crippen LogP contribution in [0.3, 0.4) is 0 Å². The van der Waals surface area contributed by atoms with E-state index in [2.05, 4.69) is 10.6 Å². The lowest BCUT2D eigenvalue weighted by atomic mass is 9.98. The predicted octanol–water partition coefficient (Wildman–Crippen LogP) is 3.40. The summed E-state index contributed by atoms with van der Waals surface area (Å²) in [5, 5.41) is 14.5. The number of anilines is 2. The molecule has 0 aliphatic rings. The third-order valence-corrected chi connectivity index (χ3v) is 3.48. The van der Waals surface area contributed by atoms with Crippen molar-refractivity contribution in [1.29, 1.82) is 0 Å². The zero-order valence-electron chi connectivity index (χ0n) is 13.4. The Morgan fingerprint density at radius 3 is 2.30 bits per heavy atom. The highest BCUT2D eigenvalue weighted by atomic mass is 16.3. The van der Waals surface area contributed by atoms with Crippen LogP contribution in [-0.4, -0.2) is 16.9 Å². The van der Waals surface area contributed by atoms with E-state index >= 15 is 0 Å². The lowest BCUT2D eigenvalue weighted by molar-refractivity contribution is -0.133. The number of carbonyl (C=O) groups is 2. The zero-order valence-corrected chi connectivity index (χ0v) is 13.4. The van der Waals surface area contributed by atoms with Gasteiger partial charge in [-0.25, -0.2) is 0 Å². The van der Waals surface area contributed by atoms with Crippen molar-refractivity contribution in [3.8, 4) is 5.75 Å². The van der Waals surface area contributed by atoms with Crippen LogP contribution in [-0.2, 0) is 9.59 Å². The van der Waals surface area contributed by atoms with E-state index in [-0.39, 0.29) is 11.7 Å². The number of phenolic OH excluding ortho intramolecular Hbond substituents is 1. The number of phenols is 1. The number of rotatable bonds is 3. The van der Waals surface area contributed by atoms with Crippen molar-refractivity contribution in [1.82, 2.24) is 0 Å². The molecule has 0 aromatic heterocycles. The van der Waals surface area contributed by atoms with E-state index in [4.69, 9.17) is 0 Å². The van der Waals surface area contributed by atoms with Gasteiger partial charge in [0.25, 0.3) is 0 Å². The number of hydrogen-bond donors (Lipinski definition) is 3. The highest BCUT2D eigenvalue weighted by molar-refractivity contribution is 6.43. The van der Waals surface area contributed by atoms with Gasteiger partial charge in [-0.15, -0.1) is 0 Å². The van der Waals surface area contributed by atoms with Crippen LogP contribution in [0.4, 0.5) is 11.4 Å². The minimum Gasteiger partial charge on any atom is -0.508 e. The summed E-state index contributed by atoms with van der Waals surface area (Å²) in [6.07, 6.45) is 0. The monoisotopic (exact) mass is 312 g/mol. The van der Waals surface area contributed by atoms with Crippen molar-refractivity contribution in [3.05, 3.63) is 53.6 Å². The van der Waals surface area contributed by atoms with Gasteiger partial charge in [-0.1, -0.05) is 38.1 Å². The Bertz CT molecular complexity index is 739. The summed E-state index contributed by atoms with van der Waals surface area (Å²) in [5.41, 5.74) is 2.90. The van der Waals surface area contributed by atoms with Crippen molar-refractivity contribution < 1.29 is 14.7 Å². The van der Waals surface area contributed by atoms with E-state index in [0.29, 0.717) is 11.4 Å². The summed E-state index contributed by atoms with van der Waals surface area (Å²) in [6, 6.07) is 11.8.